The van der Waals surface area contributed by atoms with E-state index in [0.29, 0.717) is 0 Å². The van der Waals surface area contributed by atoms with Gasteiger partial charge in [-0.15, -0.1) is 0 Å². The first-order valence-electron chi connectivity index (χ1n) is 13.3. The predicted octanol–water partition coefficient (Wildman–Crippen LogP) is -1.69. The molecule has 0 aliphatic carbocycles. The molecule has 6 unspecified atom stereocenters. The summed E-state index contributed by atoms with van der Waals surface area (Å²) in [6.07, 6.45) is -8.53. The first kappa shape index (κ1) is 31.2. The molecule has 8 N–H and O–H groups in total. The Morgan fingerprint density at radius 1 is 0.913 bits per heavy atom. The van der Waals surface area contributed by atoms with E-state index in [9.17, 15) is 29.0 Å². The number of fused-ring (bicyclic) bond motifs is 5. The summed E-state index contributed by atoms with van der Waals surface area (Å²) in [5.41, 5.74) is 11.0. The maximum Gasteiger partial charge on any atom is 0.475 e. The highest BCUT2D eigenvalue weighted by Crippen LogP contribution is 2.56. The summed E-state index contributed by atoms with van der Waals surface area (Å²) in [6.45, 7) is -1.47. The number of hydrogen-bond acceptors (Lipinski definition) is 19. The Balaban J connectivity index is 1.22. The lowest BCUT2D eigenvalue weighted by molar-refractivity contribution is -0.0683. The molecule has 7 heterocycles. The van der Waals surface area contributed by atoms with E-state index in [0.717, 1.165) is 18.0 Å². The molecule has 10 atom stereocenters. The van der Waals surface area contributed by atoms with Crippen LogP contribution in [0.5, 0.6) is 0 Å². The smallest absolute Gasteiger partial charge is 0.387 e. The maximum atomic E-state index is 13.8. The van der Waals surface area contributed by atoms with Crippen LogP contribution in [0.1, 0.15) is 12.5 Å². The second-order valence-corrected chi connectivity index (χ2v) is 13.4. The van der Waals surface area contributed by atoms with Crippen LogP contribution in [0, 0.1) is 0 Å². The van der Waals surface area contributed by atoms with E-state index in [2.05, 4.69) is 29.9 Å². The van der Waals surface area contributed by atoms with Crippen molar-refractivity contribution in [3.05, 3.63) is 29.3 Å². The molecule has 3 fully saturated rings. The van der Waals surface area contributed by atoms with Crippen LogP contribution in [0.15, 0.2) is 23.8 Å². The van der Waals surface area contributed by atoms with Gasteiger partial charge in [0.05, 0.1) is 25.9 Å². The number of phosphoric acid groups is 2. The fourth-order valence-electron chi connectivity index (χ4n) is 5.38. The minimum absolute atomic E-state index is 0.0485. The number of phosphoric ester groups is 2. The molecule has 0 radical (unpaired) electrons. The van der Waals surface area contributed by atoms with Crippen molar-refractivity contribution in [3.63, 3.8) is 0 Å². The van der Waals surface area contributed by atoms with Crippen LogP contribution in [-0.2, 0) is 41.2 Å². The van der Waals surface area contributed by atoms with Crippen molar-refractivity contribution < 1.29 is 56.3 Å². The zero-order valence-electron chi connectivity index (χ0n) is 23.4. The molecule has 25 heteroatoms. The van der Waals surface area contributed by atoms with Crippen LogP contribution in [-0.4, -0.2) is 111 Å². The average molecular weight is 688 g/mol. The summed E-state index contributed by atoms with van der Waals surface area (Å²) >= 11 is 0. The third-order valence-corrected chi connectivity index (χ3v) is 9.94. The molecule has 0 amide bonds. The molecular formula is C21H26N10O13P2. The Hall–Kier alpha value is -3.44. The van der Waals surface area contributed by atoms with Crippen LogP contribution in [0.25, 0.3) is 22.3 Å². The fourth-order valence-corrected chi connectivity index (χ4v) is 7.46. The molecule has 0 spiro atoms. The number of aromatic amines is 1. The highest BCUT2D eigenvalue weighted by atomic mass is 31.2. The number of aromatic nitrogens is 8. The molecule has 4 aromatic heterocycles. The highest BCUT2D eigenvalue weighted by Gasteiger charge is 2.54. The topological polar surface area (TPSA) is 319 Å². The number of nitrogens with one attached hydrogen (secondary N) is 1. The van der Waals surface area contributed by atoms with Gasteiger partial charge in [0, 0.05) is 7.11 Å². The van der Waals surface area contributed by atoms with Crippen molar-refractivity contribution in [1.29, 1.82) is 0 Å². The number of aliphatic hydroxyl groups excluding tert-OH is 2. The van der Waals surface area contributed by atoms with Gasteiger partial charge in [0.15, 0.2) is 35.1 Å². The summed E-state index contributed by atoms with van der Waals surface area (Å²) in [5.74, 6) is -0.204. The van der Waals surface area contributed by atoms with Gasteiger partial charge in [-0.05, 0) is 0 Å². The van der Waals surface area contributed by atoms with Crippen LogP contribution in [0.4, 0.5) is 11.8 Å². The van der Waals surface area contributed by atoms with E-state index in [1.807, 2.05) is 0 Å². The van der Waals surface area contributed by atoms with Gasteiger partial charge in [0.1, 0.15) is 48.5 Å². The minimum atomic E-state index is -5.05. The average Bonchev–Trinajstić information content (AvgIpc) is 3.77. The minimum Gasteiger partial charge on any atom is -0.387 e. The summed E-state index contributed by atoms with van der Waals surface area (Å²) in [6, 6.07) is 0. The number of aliphatic hydroxyl groups is 2. The Morgan fingerprint density at radius 3 is 2.37 bits per heavy atom. The lowest BCUT2D eigenvalue weighted by atomic mass is 10.1. The predicted molar refractivity (Wildman–Crippen MR) is 148 cm³/mol. The molecule has 4 aromatic rings. The monoisotopic (exact) mass is 688 g/mol. The lowest BCUT2D eigenvalue weighted by Gasteiger charge is -2.27. The lowest BCUT2D eigenvalue weighted by Crippen LogP contribution is -2.36. The van der Waals surface area contributed by atoms with E-state index in [1.165, 1.54) is 17.2 Å². The Bertz CT molecular complexity index is 1950. The first-order chi connectivity index (χ1) is 21.9. The zero-order valence-corrected chi connectivity index (χ0v) is 25.2. The number of H-pyrrole nitrogens is 1. The number of imidazole rings is 2. The number of ether oxygens (including phenoxy) is 2. The van der Waals surface area contributed by atoms with E-state index in [-0.39, 0.29) is 34.1 Å². The Labute approximate surface area is 255 Å². The molecule has 0 saturated carbocycles. The largest absolute Gasteiger partial charge is 0.475 e. The number of rotatable bonds is 3. The maximum absolute atomic E-state index is 13.8. The van der Waals surface area contributed by atoms with E-state index in [4.69, 9.17) is 43.6 Å². The zero-order chi connectivity index (χ0) is 32.5. The number of nitrogens with two attached hydrogens (primary N) is 2. The summed E-state index contributed by atoms with van der Waals surface area (Å²) in [4.78, 5) is 45.4. The second kappa shape index (κ2) is 11.4. The van der Waals surface area contributed by atoms with Crippen molar-refractivity contribution in [2.45, 2.75) is 49.1 Å². The molecule has 3 saturated heterocycles. The fraction of sp³-hybridized carbons (Fsp3) is 0.524. The third-order valence-electron chi connectivity index (χ3n) is 7.54. The van der Waals surface area contributed by atoms with Gasteiger partial charge in [0.25, 0.3) is 5.56 Å². The highest BCUT2D eigenvalue weighted by molar-refractivity contribution is 7.48. The summed E-state index contributed by atoms with van der Waals surface area (Å²) in [7, 11) is -8.63. The molecule has 23 nitrogen and oxygen atoms in total. The van der Waals surface area contributed by atoms with E-state index in [1.54, 1.807) is 0 Å². The Kier molecular flexibility index (Phi) is 7.70. The molecule has 0 aromatic carbocycles. The van der Waals surface area contributed by atoms with Gasteiger partial charge in [0.2, 0.25) is 5.95 Å². The standard InChI is InChI=1S/C21H26N10O13P2/c1-38-46(37)40-3-8-13(12(33)19(42-8)31-6-27-10-17(31)28-21(23)29-18(10)34)43-45(35,36)39-2-7-11(32)14(44-46)20(41-7)30-5-26-9-15(22)24-4-25-16(9)30/h4-8,11-14,19-20,32-33H,2-3H2,1H3,(H,35,36)(H2,22,24,25)(H3,23,28,29,34)/t7-,8-,11?,12?,13?,14?,19-,20-,46?/m1/s1. The van der Waals surface area contributed by atoms with Crippen LogP contribution >= 0.6 is 15.6 Å². The summed E-state index contributed by atoms with van der Waals surface area (Å²) < 4.78 is 68.0. The molecule has 7 rings (SSSR count). The second-order valence-electron chi connectivity index (χ2n) is 10.3. The van der Waals surface area contributed by atoms with Gasteiger partial charge >= 0.3 is 15.6 Å². The number of hydrogen-bond donors (Lipinski definition) is 6. The van der Waals surface area contributed by atoms with Crippen molar-refractivity contribution in [3.8, 4) is 0 Å². The van der Waals surface area contributed by atoms with Crippen molar-refractivity contribution >= 4 is 49.7 Å². The summed E-state index contributed by atoms with van der Waals surface area (Å²) in [5, 5.41) is 22.4. The third kappa shape index (κ3) is 5.29. The molecule has 248 valence electrons. The SMILES string of the molecule is COP1(=O)OC[C@H]2O[C@@H](n3cnc4c(=O)[nH]c(N)nc43)C(O)C2OP(=O)(O)OC[C@H]2O[C@@H](n3cnc4c(N)ncnc43)C(O1)C2O. The van der Waals surface area contributed by atoms with E-state index >= 15 is 0 Å². The molecule has 3 aliphatic rings. The van der Waals surface area contributed by atoms with Crippen molar-refractivity contribution in [2.75, 3.05) is 31.8 Å². The van der Waals surface area contributed by atoms with Gasteiger partial charge in [-0.25, -0.2) is 29.1 Å². The molecule has 2 bridgehead atoms. The number of anilines is 2. The number of nitrogen functional groups attached to an aromatic ring is 2. The van der Waals surface area contributed by atoms with Gasteiger partial charge < -0.3 is 36.0 Å². The van der Waals surface area contributed by atoms with Crippen LogP contribution in [0.2, 0.25) is 0 Å². The quantitative estimate of drug-likeness (QED) is 0.131. The van der Waals surface area contributed by atoms with Crippen molar-refractivity contribution in [1.82, 2.24) is 39.0 Å². The van der Waals surface area contributed by atoms with Gasteiger partial charge in [-0.3, -0.25) is 41.5 Å². The normalized spacial score (nSPS) is 37.1. The number of nitrogens with zero attached hydrogens (tertiary/aromatic N) is 7. The molecular weight excluding hydrogens is 662 g/mol. The molecule has 3 aliphatic heterocycles. The first-order valence-corrected chi connectivity index (χ1v) is 16.3. The van der Waals surface area contributed by atoms with E-state index < -0.39 is 83.5 Å². The van der Waals surface area contributed by atoms with Gasteiger partial charge in [-0.1, -0.05) is 0 Å². The van der Waals surface area contributed by atoms with Gasteiger partial charge in [-0.2, -0.15) is 4.98 Å². The Morgan fingerprint density at radius 2 is 1.61 bits per heavy atom. The van der Waals surface area contributed by atoms with Crippen LogP contribution < -0.4 is 17.0 Å². The molecule has 46 heavy (non-hydrogen) atoms. The van der Waals surface area contributed by atoms with Crippen molar-refractivity contribution in [2.24, 2.45) is 0 Å². The van der Waals surface area contributed by atoms with Crippen LogP contribution in [0.3, 0.4) is 0 Å².